The van der Waals surface area contributed by atoms with Gasteiger partial charge in [0.05, 0.1) is 17.5 Å². The van der Waals surface area contributed by atoms with Crippen molar-refractivity contribution in [3.63, 3.8) is 0 Å². The van der Waals surface area contributed by atoms with Gasteiger partial charge < -0.3 is 26.4 Å². The zero-order chi connectivity index (χ0) is 31.1. The number of carboxylic acid groups (broad SMARTS) is 1. The molecule has 224 valence electrons. The van der Waals surface area contributed by atoms with E-state index in [4.69, 9.17) is 15.6 Å². The molecular formula is C26H32F3N5O6S. The van der Waals surface area contributed by atoms with Gasteiger partial charge in [-0.3, -0.25) is 13.9 Å². The predicted molar refractivity (Wildman–Crippen MR) is 150 cm³/mol. The fraction of sp³-hybridized carbons (Fsp3) is 0.346. The third-order valence-corrected chi connectivity index (χ3v) is 6.89. The van der Waals surface area contributed by atoms with E-state index < -0.39 is 28.1 Å². The van der Waals surface area contributed by atoms with Crippen LogP contribution in [-0.2, 0) is 19.6 Å². The first-order valence-corrected chi connectivity index (χ1v) is 14.1. The number of anilines is 3. The van der Waals surface area contributed by atoms with Gasteiger partial charge in [-0.25, -0.2) is 13.2 Å². The lowest BCUT2D eigenvalue weighted by molar-refractivity contribution is -0.192. The molecular weight excluding hydrogens is 567 g/mol. The van der Waals surface area contributed by atoms with Crippen molar-refractivity contribution in [3.05, 3.63) is 59.3 Å². The lowest BCUT2D eigenvalue weighted by Crippen LogP contribution is -2.35. The third kappa shape index (κ3) is 9.21. The van der Waals surface area contributed by atoms with Crippen LogP contribution in [-0.4, -0.2) is 75.8 Å². The fourth-order valence-electron chi connectivity index (χ4n) is 3.79. The van der Waals surface area contributed by atoms with E-state index in [-0.39, 0.29) is 5.91 Å². The quantitative estimate of drug-likeness (QED) is 0.303. The van der Waals surface area contributed by atoms with Gasteiger partial charge in [0.2, 0.25) is 15.9 Å². The van der Waals surface area contributed by atoms with Gasteiger partial charge in [0, 0.05) is 41.3 Å². The van der Waals surface area contributed by atoms with Crippen LogP contribution in [0.25, 0.3) is 5.57 Å². The summed E-state index contributed by atoms with van der Waals surface area (Å²) in [4.78, 5) is 35.1. The minimum Gasteiger partial charge on any atom is -0.475 e. The van der Waals surface area contributed by atoms with Crippen LogP contribution in [0.1, 0.15) is 35.7 Å². The van der Waals surface area contributed by atoms with Crippen LogP contribution in [0.4, 0.5) is 30.2 Å². The van der Waals surface area contributed by atoms with Crippen LogP contribution in [0, 0.1) is 0 Å². The summed E-state index contributed by atoms with van der Waals surface area (Å²) < 4.78 is 57.7. The zero-order valence-electron chi connectivity index (χ0n) is 22.9. The molecule has 1 heterocycles. The molecule has 0 aliphatic carbocycles. The molecule has 2 aromatic carbocycles. The van der Waals surface area contributed by atoms with Crippen molar-refractivity contribution in [2.24, 2.45) is 5.73 Å². The number of carboxylic acids is 1. The molecule has 0 spiro atoms. The first-order valence-electron chi connectivity index (χ1n) is 12.2. The Kier molecular flexibility index (Phi) is 10.9. The number of likely N-dealkylation sites (N-methyl/N-ethyl adjacent to an activating group) is 1. The van der Waals surface area contributed by atoms with Gasteiger partial charge in [-0.05, 0) is 56.9 Å². The molecule has 0 atom stereocenters. The van der Waals surface area contributed by atoms with E-state index in [9.17, 15) is 31.2 Å². The predicted octanol–water partition coefficient (Wildman–Crippen LogP) is 3.32. The molecule has 11 nitrogen and oxygen atoms in total. The Morgan fingerprint density at radius 2 is 1.66 bits per heavy atom. The van der Waals surface area contributed by atoms with Gasteiger partial charge in [-0.2, -0.15) is 13.2 Å². The average Bonchev–Trinajstić information content (AvgIpc) is 3.18. The number of nitrogens with one attached hydrogen (secondary N) is 2. The summed E-state index contributed by atoms with van der Waals surface area (Å²) in [6.45, 7) is 2.95. The van der Waals surface area contributed by atoms with Gasteiger partial charge in [0.25, 0.3) is 5.91 Å². The number of nitrogens with two attached hydrogens (primary N) is 1. The van der Waals surface area contributed by atoms with E-state index >= 15 is 0 Å². The number of hydrogen-bond donors (Lipinski definition) is 4. The molecule has 5 N–H and O–H groups in total. The Balaban J connectivity index is 0.000000745. The molecule has 0 fully saturated rings. The van der Waals surface area contributed by atoms with E-state index in [1.54, 1.807) is 42.5 Å². The van der Waals surface area contributed by atoms with Crippen LogP contribution >= 0.6 is 0 Å². The highest BCUT2D eigenvalue weighted by molar-refractivity contribution is 7.92. The molecule has 0 saturated heterocycles. The highest BCUT2D eigenvalue weighted by Gasteiger charge is 2.38. The Bertz CT molecular complexity index is 1420. The number of alkyl halides is 3. The lowest BCUT2D eigenvalue weighted by atomic mass is 10.0. The number of carbonyl (C=O) groups excluding carboxylic acids is 2. The van der Waals surface area contributed by atoms with Crippen LogP contribution < -0.4 is 20.7 Å². The van der Waals surface area contributed by atoms with Crippen LogP contribution in [0.3, 0.4) is 0 Å². The minimum atomic E-state index is -5.08. The van der Waals surface area contributed by atoms with Gasteiger partial charge in [-0.15, -0.1) is 0 Å². The molecule has 0 aromatic heterocycles. The number of sulfonamides is 1. The van der Waals surface area contributed by atoms with Crippen molar-refractivity contribution in [1.29, 1.82) is 0 Å². The van der Waals surface area contributed by atoms with E-state index in [0.29, 0.717) is 47.6 Å². The summed E-state index contributed by atoms with van der Waals surface area (Å²) in [6, 6.07) is 12.0. The fourth-order valence-corrected chi connectivity index (χ4v) is 4.71. The first kappa shape index (κ1) is 33.1. The Morgan fingerprint density at radius 3 is 2.12 bits per heavy atom. The first-order chi connectivity index (χ1) is 18.9. The number of carbonyl (C=O) groups is 3. The summed E-state index contributed by atoms with van der Waals surface area (Å²) in [6.07, 6.45) is -2.46. The standard InChI is InChI=1S/C24H31N5O4S.C2HF3O2/c1-5-6-20(22-19-12-7-16(23(25)30)15-21(19)27-24(22)31)26-17-8-10-18(11-9-17)29(34(4,32)33)14-13-28(2)3;3-2(4,5)1(6)7/h7-12,15,26H,5-6,13-14H2,1-4H3,(H2,25,30)(H,27,31);(H,6,7)/b22-20-;. The molecule has 1 aliphatic rings. The van der Waals surface area contributed by atoms with E-state index in [1.807, 2.05) is 25.9 Å². The zero-order valence-corrected chi connectivity index (χ0v) is 23.7. The van der Waals surface area contributed by atoms with Crippen LogP contribution in [0.15, 0.2) is 48.2 Å². The number of rotatable bonds is 10. The van der Waals surface area contributed by atoms with Gasteiger partial charge in [0.1, 0.15) is 0 Å². The minimum absolute atomic E-state index is 0.254. The van der Waals surface area contributed by atoms with Gasteiger partial charge >= 0.3 is 12.1 Å². The van der Waals surface area contributed by atoms with Crippen LogP contribution in [0.5, 0.6) is 0 Å². The maximum absolute atomic E-state index is 12.8. The summed E-state index contributed by atoms with van der Waals surface area (Å²) in [5, 5.41) is 13.3. The number of primary amides is 1. The smallest absolute Gasteiger partial charge is 0.475 e. The number of aliphatic carboxylic acids is 1. The number of fused-ring (bicyclic) bond motifs is 1. The maximum Gasteiger partial charge on any atom is 0.490 e. The number of hydrogen-bond acceptors (Lipinski definition) is 7. The number of nitrogens with zero attached hydrogens (tertiary/aromatic N) is 2. The Hall–Kier alpha value is -4.11. The lowest BCUT2D eigenvalue weighted by Gasteiger charge is -2.24. The second-order valence-electron chi connectivity index (χ2n) is 9.30. The summed E-state index contributed by atoms with van der Waals surface area (Å²) in [5.74, 6) is -3.57. The van der Waals surface area contributed by atoms with Crippen molar-refractivity contribution in [3.8, 4) is 0 Å². The molecule has 1 aliphatic heterocycles. The summed E-state index contributed by atoms with van der Waals surface area (Å²) >= 11 is 0. The van der Waals surface area contributed by atoms with E-state index in [0.717, 1.165) is 17.8 Å². The van der Waals surface area contributed by atoms with Crippen LogP contribution in [0.2, 0.25) is 0 Å². The monoisotopic (exact) mass is 599 g/mol. The number of allylic oxidation sites excluding steroid dienone is 1. The number of benzene rings is 2. The largest absolute Gasteiger partial charge is 0.490 e. The molecule has 2 aromatic rings. The summed E-state index contributed by atoms with van der Waals surface area (Å²) in [7, 11) is 0.352. The van der Waals surface area contributed by atoms with Crippen molar-refractivity contribution < 1.29 is 41.1 Å². The van der Waals surface area contributed by atoms with Crippen molar-refractivity contribution in [1.82, 2.24) is 4.90 Å². The highest BCUT2D eigenvalue weighted by atomic mass is 32.2. The van der Waals surface area contributed by atoms with Gasteiger partial charge in [-0.1, -0.05) is 19.4 Å². The SMILES string of the molecule is CCC/C(Nc1ccc(N(CCN(C)C)S(C)(=O)=O)cc1)=C1/C(=O)Nc2cc(C(N)=O)ccc21.O=C(O)C(F)(F)F. The van der Waals surface area contributed by atoms with E-state index in [1.165, 1.54) is 10.6 Å². The Labute approximate surface area is 235 Å². The Morgan fingerprint density at radius 1 is 1.07 bits per heavy atom. The molecule has 2 amide bonds. The molecule has 0 bridgehead atoms. The molecule has 3 rings (SSSR count). The topological polar surface area (TPSA) is 162 Å². The van der Waals surface area contributed by atoms with Crippen molar-refractivity contribution in [2.75, 3.05) is 48.4 Å². The maximum atomic E-state index is 12.8. The molecule has 0 unspecified atom stereocenters. The molecule has 0 radical (unpaired) electrons. The number of amides is 2. The molecule has 41 heavy (non-hydrogen) atoms. The second-order valence-corrected chi connectivity index (χ2v) is 11.2. The van der Waals surface area contributed by atoms with E-state index in [2.05, 4.69) is 10.6 Å². The molecule has 15 heteroatoms. The number of halogens is 3. The van der Waals surface area contributed by atoms with Gasteiger partial charge in [0.15, 0.2) is 0 Å². The highest BCUT2D eigenvalue weighted by Crippen LogP contribution is 2.36. The normalized spacial score (nSPS) is 14.0. The summed E-state index contributed by atoms with van der Waals surface area (Å²) in [5.41, 5.74) is 9.50. The third-order valence-electron chi connectivity index (χ3n) is 5.69. The van der Waals surface area contributed by atoms with Crippen molar-refractivity contribution in [2.45, 2.75) is 25.9 Å². The molecule has 0 saturated carbocycles. The van der Waals surface area contributed by atoms with Crippen molar-refractivity contribution >= 4 is 50.4 Å². The average molecular weight is 600 g/mol. The second kappa shape index (κ2) is 13.5.